The van der Waals surface area contributed by atoms with Crippen molar-refractivity contribution in [3.8, 4) is 0 Å². The Kier molecular flexibility index (Phi) is 6.51. The van der Waals surface area contributed by atoms with Crippen molar-refractivity contribution in [1.29, 1.82) is 0 Å². The summed E-state index contributed by atoms with van der Waals surface area (Å²) in [5.74, 6) is 0.0675. The van der Waals surface area contributed by atoms with Gasteiger partial charge in [-0.05, 0) is 25.7 Å². The predicted octanol–water partition coefficient (Wildman–Crippen LogP) is 0.972. The Morgan fingerprint density at radius 3 is 3.04 bits per heavy atom. The lowest BCUT2D eigenvalue weighted by atomic mass is 9.98. The van der Waals surface area contributed by atoms with E-state index in [1.165, 1.54) is 11.3 Å². The number of hydrogen-bond donors (Lipinski definition) is 1. The molecule has 1 fully saturated rings. The van der Waals surface area contributed by atoms with Gasteiger partial charge in [-0.2, -0.15) is 0 Å². The number of ether oxygens (including phenoxy) is 1. The number of carbonyl (C=O) groups excluding carboxylic acids is 2. The highest BCUT2D eigenvalue weighted by Crippen LogP contribution is 2.22. The highest BCUT2D eigenvalue weighted by molar-refractivity contribution is 7.11. The Labute approximate surface area is 161 Å². The summed E-state index contributed by atoms with van der Waals surface area (Å²) in [6.07, 6.45) is 3.62. The summed E-state index contributed by atoms with van der Waals surface area (Å²) in [5, 5.41) is 10.7. The normalized spacial score (nSPS) is 17.1. The smallest absolute Gasteiger partial charge is 0.273 e. The quantitative estimate of drug-likeness (QED) is 0.705. The fourth-order valence-electron chi connectivity index (χ4n) is 3.16. The average Bonchev–Trinajstić information content (AvgIpc) is 3.30. The summed E-state index contributed by atoms with van der Waals surface area (Å²) in [7, 11) is 1.58. The van der Waals surface area contributed by atoms with Gasteiger partial charge in [0.15, 0.2) is 5.69 Å². The van der Waals surface area contributed by atoms with Crippen LogP contribution in [0.4, 0.5) is 0 Å². The second kappa shape index (κ2) is 9.05. The monoisotopic (exact) mass is 392 g/mol. The van der Waals surface area contributed by atoms with E-state index in [1.54, 1.807) is 23.5 Å². The van der Waals surface area contributed by atoms with Crippen LogP contribution < -0.4 is 5.32 Å². The largest absolute Gasteiger partial charge is 0.383 e. The van der Waals surface area contributed by atoms with Crippen LogP contribution in [-0.4, -0.2) is 70.0 Å². The molecule has 0 unspecified atom stereocenters. The van der Waals surface area contributed by atoms with E-state index in [0.717, 1.165) is 25.1 Å². The molecule has 1 saturated heterocycles. The topological polar surface area (TPSA) is 102 Å². The number of carbonyl (C=O) groups is 2. The minimum atomic E-state index is -0.264. The Morgan fingerprint density at radius 1 is 1.44 bits per heavy atom. The Bertz CT molecular complexity index is 789. The van der Waals surface area contributed by atoms with Crippen LogP contribution in [-0.2, 0) is 11.3 Å². The maximum absolute atomic E-state index is 12.7. The van der Waals surface area contributed by atoms with Crippen LogP contribution in [0.5, 0.6) is 0 Å². The molecule has 0 saturated carbocycles. The van der Waals surface area contributed by atoms with Crippen molar-refractivity contribution >= 4 is 23.2 Å². The molecule has 0 aromatic carbocycles. The lowest BCUT2D eigenvalue weighted by Gasteiger charge is -2.32. The van der Waals surface area contributed by atoms with E-state index in [0.29, 0.717) is 31.1 Å². The second-order valence-corrected chi connectivity index (χ2v) is 7.46. The fraction of sp³-hybridized carbons (Fsp3) is 0.588. The first-order valence-corrected chi connectivity index (χ1v) is 9.83. The molecule has 2 aromatic rings. The lowest BCUT2D eigenvalue weighted by molar-refractivity contribution is 0.0663. The van der Waals surface area contributed by atoms with E-state index in [2.05, 4.69) is 20.6 Å². The van der Waals surface area contributed by atoms with Crippen molar-refractivity contribution in [2.75, 3.05) is 33.4 Å². The number of rotatable bonds is 7. The molecule has 1 N–H and O–H groups in total. The van der Waals surface area contributed by atoms with Crippen LogP contribution in [0, 0.1) is 12.8 Å². The molecule has 10 heteroatoms. The molecule has 1 atom stereocenters. The van der Waals surface area contributed by atoms with Crippen molar-refractivity contribution in [2.24, 2.45) is 5.92 Å². The number of nitrogens with one attached hydrogen (secondary N) is 1. The van der Waals surface area contributed by atoms with Crippen molar-refractivity contribution in [1.82, 2.24) is 30.2 Å². The molecule has 2 aromatic heterocycles. The molecule has 1 aliphatic rings. The average molecular weight is 392 g/mol. The molecule has 0 spiro atoms. The number of aromatic nitrogens is 4. The van der Waals surface area contributed by atoms with Crippen LogP contribution >= 0.6 is 11.3 Å². The third-order valence-electron chi connectivity index (χ3n) is 4.55. The molecule has 27 heavy (non-hydrogen) atoms. The zero-order valence-electron chi connectivity index (χ0n) is 15.6. The van der Waals surface area contributed by atoms with Crippen LogP contribution in [0.2, 0.25) is 0 Å². The summed E-state index contributed by atoms with van der Waals surface area (Å²) < 4.78 is 6.59. The Balaban J connectivity index is 1.56. The van der Waals surface area contributed by atoms with Gasteiger partial charge in [0, 0.05) is 33.3 Å². The number of piperidine rings is 1. The number of amides is 2. The zero-order valence-corrected chi connectivity index (χ0v) is 16.4. The van der Waals surface area contributed by atoms with Gasteiger partial charge in [-0.1, -0.05) is 5.21 Å². The third-order valence-corrected chi connectivity index (χ3v) is 5.47. The minimum absolute atomic E-state index is 0.0523. The van der Waals surface area contributed by atoms with Crippen molar-refractivity contribution in [3.05, 3.63) is 28.0 Å². The van der Waals surface area contributed by atoms with E-state index < -0.39 is 0 Å². The van der Waals surface area contributed by atoms with Crippen molar-refractivity contribution in [3.63, 3.8) is 0 Å². The highest BCUT2D eigenvalue weighted by atomic mass is 32.1. The van der Waals surface area contributed by atoms with Gasteiger partial charge in [0.1, 0.15) is 4.88 Å². The number of likely N-dealkylation sites (tertiary alicyclic amines) is 1. The zero-order chi connectivity index (χ0) is 19.2. The minimum Gasteiger partial charge on any atom is -0.383 e. The van der Waals surface area contributed by atoms with Gasteiger partial charge in [-0.25, -0.2) is 4.98 Å². The molecule has 146 valence electrons. The summed E-state index contributed by atoms with van der Waals surface area (Å²) in [6, 6.07) is 0. The van der Waals surface area contributed by atoms with Gasteiger partial charge in [0.2, 0.25) is 0 Å². The van der Waals surface area contributed by atoms with Gasteiger partial charge in [-0.3, -0.25) is 14.3 Å². The molecular formula is C17H24N6O3S. The first kappa shape index (κ1) is 19.4. The molecule has 0 aliphatic carbocycles. The maximum Gasteiger partial charge on any atom is 0.273 e. The maximum atomic E-state index is 12.7. The van der Waals surface area contributed by atoms with Gasteiger partial charge >= 0.3 is 0 Å². The molecule has 3 heterocycles. The van der Waals surface area contributed by atoms with E-state index in [-0.39, 0.29) is 23.4 Å². The van der Waals surface area contributed by atoms with E-state index >= 15 is 0 Å². The number of hydrogen-bond acceptors (Lipinski definition) is 7. The Morgan fingerprint density at radius 2 is 2.30 bits per heavy atom. The van der Waals surface area contributed by atoms with Crippen molar-refractivity contribution < 1.29 is 14.3 Å². The summed E-state index contributed by atoms with van der Waals surface area (Å²) in [5.41, 5.74) is 2.78. The number of aryl methyl sites for hydroxylation is 1. The van der Waals surface area contributed by atoms with Gasteiger partial charge in [0.05, 0.1) is 24.0 Å². The SMILES string of the molecule is COCCNC(=O)c1cn(C[C@@H]2CCCN(C(=O)c3scnc3C)C2)nn1. The predicted molar refractivity (Wildman–Crippen MR) is 99.7 cm³/mol. The summed E-state index contributed by atoms with van der Waals surface area (Å²) in [4.78, 5) is 31.5. The molecule has 1 aliphatic heterocycles. The molecule has 0 bridgehead atoms. The standard InChI is InChI=1S/C17H24N6O3S/c1-12-15(27-11-19-12)17(25)22-6-3-4-13(8-22)9-23-10-14(20-21-23)16(24)18-5-7-26-2/h10-11,13H,3-9H2,1-2H3,(H,18,24)/t13-/m1/s1. The van der Waals surface area contributed by atoms with Gasteiger partial charge < -0.3 is 15.0 Å². The molecule has 3 rings (SSSR count). The van der Waals surface area contributed by atoms with E-state index in [4.69, 9.17) is 4.74 Å². The fourth-order valence-corrected chi connectivity index (χ4v) is 3.93. The van der Waals surface area contributed by atoms with Crippen LogP contribution in [0.15, 0.2) is 11.7 Å². The van der Waals surface area contributed by atoms with E-state index in [1.807, 2.05) is 11.8 Å². The Hall–Kier alpha value is -2.33. The molecule has 2 amide bonds. The van der Waals surface area contributed by atoms with Crippen LogP contribution in [0.25, 0.3) is 0 Å². The first-order chi connectivity index (χ1) is 13.1. The van der Waals surface area contributed by atoms with Crippen LogP contribution in [0.1, 0.15) is 38.7 Å². The first-order valence-electron chi connectivity index (χ1n) is 8.95. The lowest BCUT2D eigenvalue weighted by Crippen LogP contribution is -2.41. The third kappa shape index (κ3) is 4.89. The van der Waals surface area contributed by atoms with E-state index in [9.17, 15) is 9.59 Å². The van der Waals surface area contributed by atoms with Gasteiger partial charge in [0.25, 0.3) is 11.8 Å². The molecule has 0 radical (unpaired) electrons. The molecular weight excluding hydrogens is 368 g/mol. The second-order valence-electron chi connectivity index (χ2n) is 6.60. The summed E-state index contributed by atoms with van der Waals surface area (Å²) in [6.45, 7) is 4.80. The number of nitrogens with zero attached hydrogens (tertiary/aromatic N) is 5. The van der Waals surface area contributed by atoms with Gasteiger partial charge in [-0.15, -0.1) is 16.4 Å². The highest BCUT2D eigenvalue weighted by Gasteiger charge is 2.27. The molecule has 9 nitrogen and oxygen atoms in total. The van der Waals surface area contributed by atoms with Crippen LogP contribution in [0.3, 0.4) is 0 Å². The number of methoxy groups -OCH3 is 1. The summed E-state index contributed by atoms with van der Waals surface area (Å²) >= 11 is 1.39. The van der Waals surface area contributed by atoms with Crippen molar-refractivity contribution in [2.45, 2.75) is 26.3 Å². The number of thiazole rings is 1.